The first-order valence-electron chi connectivity index (χ1n) is 10.2. The average molecular weight is 498 g/mol. The van der Waals surface area contributed by atoms with Gasteiger partial charge in [0.25, 0.3) is 11.8 Å². The number of rotatable bonds is 7. The summed E-state index contributed by atoms with van der Waals surface area (Å²) in [5, 5.41) is 28.4. The molecule has 3 heterocycles. The maximum absolute atomic E-state index is 12.9. The van der Waals surface area contributed by atoms with Crippen molar-refractivity contribution in [1.29, 1.82) is 0 Å². The average Bonchev–Trinajstić information content (AvgIpc) is 3.46. The number of benzene rings is 1. The van der Waals surface area contributed by atoms with Gasteiger partial charge in [-0.2, -0.15) is 14.9 Å². The van der Waals surface area contributed by atoms with Gasteiger partial charge in [-0.05, 0) is 29.5 Å². The van der Waals surface area contributed by atoms with E-state index in [1.54, 1.807) is 49.2 Å². The molecular weight excluding hydrogens is 478 g/mol. The molecule has 35 heavy (non-hydrogen) atoms. The van der Waals surface area contributed by atoms with E-state index in [9.17, 15) is 19.7 Å². The van der Waals surface area contributed by atoms with Crippen LogP contribution < -0.4 is 10.6 Å². The summed E-state index contributed by atoms with van der Waals surface area (Å²) in [6.07, 6.45) is 4.30. The van der Waals surface area contributed by atoms with Crippen molar-refractivity contribution in [2.24, 2.45) is 14.1 Å². The van der Waals surface area contributed by atoms with E-state index < -0.39 is 22.6 Å². The molecule has 0 atom stereocenters. The molecule has 0 unspecified atom stereocenters. The van der Waals surface area contributed by atoms with Gasteiger partial charge in [0, 0.05) is 19.7 Å². The predicted molar refractivity (Wildman–Crippen MR) is 126 cm³/mol. The molecule has 2 amide bonds. The Morgan fingerprint density at radius 3 is 2.26 bits per heavy atom. The van der Waals surface area contributed by atoms with Gasteiger partial charge in [0.1, 0.15) is 5.69 Å². The van der Waals surface area contributed by atoms with Crippen LogP contribution in [0.4, 0.5) is 17.2 Å². The first kappa shape index (κ1) is 23.6. The Balaban J connectivity index is 1.45. The van der Waals surface area contributed by atoms with Gasteiger partial charge in [-0.25, -0.2) is 0 Å². The van der Waals surface area contributed by atoms with Crippen molar-refractivity contribution >= 4 is 40.6 Å². The molecule has 13 nitrogen and oxygen atoms in total. The highest BCUT2D eigenvalue weighted by Gasteiger charge is 2.21. The van der Waals surface area contributed by atoms with Gasteiger partial charge in [-0.3, -0.25) is 19.0 Å². The molecule has 0 fully saturated rings. The fraction of sp³-hybridized carbons (Fsp3) is 0.190. The van der Waals surface area contributed by atoms with E-state index in [4.69, 9.17) is 11.6 Å². The first-order valence-corrected chi connectivity index (χ1v) is 10.6. The summed E-state index contributed by atoms with van der Waals surface area (Å²) in [6.45, 7) is 2.05. The lowest BCUT2D eigenvalue weighted by atomic mass is 10.1. The molecule has 0 bridgehead atoms. The highest BCUT2D eigenvalue weighted by molar-refractivity contribution is 6.32. The molecular formula is C21H20ClN9O4. The van der Waals surface area contributed by atoms with Gasteiger partial charge >= 0.3 is 5.82 Å². The van der Waals surface area contributed by atoms with E-state index in [0.717, 1.165) is 11.3 Å². The highest BCUT2D eigenvalue weighted by atomic mass is 35.5. The third-order valence-corrected chi connectivity index (χ3v) is 5.58. The van der Waals surface area contributed by atoms with E-state index in [2.05, 4.69) is 25.9 Å². The number of aromatic nitrogens is 6. The summed E-state index contributed by atoms with van der Waals surface area (Å²) < 4.78 is 4.35. The Bertz CT molecular complexity index is 1440. The highest BCUT2D eigenvalue weighted by Crippen LogP contribution is 2.22. The molecule has 3 aromatic heterocycles. The number of anilines is 2. The minimum atomic E-state index is -0.656. The molecule has 14 heteroatoms. The van der Waals surface area contributed by atoms with Crippen molar-refractivity contribution < 1.29 is 14.5 Å². The van der Waals surface area contributed by atoms with Crippen LogP contribution in [0.25, 0.3) is 0 Å². The Labute approximate surface area is 203 Å². The SMILES string of the molecule is Cc1c(NC(=O)c2c(NC(=O)c3ccc(Cn4cc(Cl)c([N+](=O)[O-])n4)cc3)cnn2C)cnn1C. The van der Waals surface area contributed by atoms with Gasteiger partial charge in [-0.15, -0.1) is 0 Å². The summed E-state index contributed by atoms with van der Waals surface area (Å²) >= 11 is 5.82. The smallest absolute Gasteiger partial charge is 0.358 e. The van der Waals surface area contributed by atoms with Crippen LogP contribution >= 0.6 is 11.6 Å². The van der Waals surface area contributed by atoms with Gasteiger partial charge in [0.05, 0.1) is 47.3 Å². The molecule has 0 spiro atoms. The molecule has 0 aliphatic heterocycles. The largest absolute Gasteiger partial charge is 0.408 e. The number of hydrogen-bond acceptors (Lipinski definition) is 7. The summed E-state index contributed by atoms with van der Waals surface area (Å²) in [5.74, 6) is -1.30. The van der Waals surface area contributed by atoms with Gasteiger partial charge < -0.3 is 20.7 Å². The van der Waals surface area contributed by atoms with Gasteiger partial charge in [0.15, 0.2) is 5.02 Å². The van der Waals surface area contributed by atoms with Crippen LogP contribution in [0.15, 0.2) is 42.9 Å². The molecule has 0 saturated carbocycles. The quantitative estimate of drug-likeness (QED) is 0.294. The van der Waals surface area contributed by atoms with Crippen molar-refractivity contribution in [3.63, 3.8) is 0 Å². The minimum absolute atomic E-state index is 0.0546. The Hall–Kier alpha value is -4.52. The van der Waals surface area contributed by atoms with Crippen molar-refractivity contribution in [1.82, 2.24) is 29.3 Å². The second kappa shape index (κ2) is 9.38. The summed E-state index contributed by atoms with van der Waals surface area (Å²) in [7, 11) is 3.36. The molecule has 0 radical (unpaired) electrons. The fourth-order valence-electron chi connectivity index (χ4n) is 3.34. The Kier molecular flexibility index (Phi) is 6.34. The lowest BCUT2D eigenvalue weighted by Crippen LogP contribution is -2.20. The Morgan fingerprint density at radius 2 is 1.66 bits per heavy atom. The molecule has 0 saturated heterocycles. The van der Waals surface area contributed by atoms with Gasteiger partial charge in [0.2, 0.25) is 0 Å². The summed E-state index contributed by atoms with van der Waals surface area (Å²) in [5.41, 5.74) is 2.85. The molecule has 4 aromatic rings. The van der Waals surface area contributed by atoms with Crippen molar-refractivity contribution in [2.75, 3.05) is 10.6 Å². The zero-order chi connectivity index (χ0) is 25.3. The number of halogens is 1. The third-order valence-electron chi connectivity index (χ3n) is 5.32. The number of carbonyl (C=O) groups is 2. The second-order valence-electron chi connectivity index (χ2n) is 7.66. The molecule has 0 aliphatic rings. The molecule has 180 valence electrons. The zero-order valence-electron chi connectivity index (χ0n) is 18.9. The standard InChI is InChI=1S/C21H20ClN9O4/c1-12-16(8-23-28(12)2)25-21(33)18-17(9-24-29(18)3)26-20(32)14-6-4-13(5-7-14)10-30-11-15(22)19(27-30)31(34)35/h4-9,11H,10H2,1-3H3,(H,25,33)(H,26,32). The van der Waals surface area contributed by atoms with Crippen molar-refractivity contribution in [3.05, 3.63) is 80.5 Å². The van der Waals surface area contributed by atoms with Gasteiger partial charge in [-0.1, -0.05) is 23.7 Å². The number of carbonyl (C=O) groups excluding carboxylic acids is 2. The van der Waals surface area contributed by atoms with Crippen LogP contribution in [-0.4, -0.2) is 46.1 Å². The molecule has 2 N–H and O–H groups in total. The van der Waals surface area contributed by atoms with Crippen LogP contribution in [0.1, 0.15) is 32.1 Å². The summed E-state index contributed by atoms with van der Waals surface area (Å²) in [6, 6.07) is 6.58. The summed E-state index contributed by atoms with van der Waals surface area (Å²) in [4.78, 5) is 35.9. The van der Waals surface area contributed by atoms with E-state index in [-0.39, 0.29) is 22.9 Å². The lowest BCUT2D eigenvalue weighted by Gasteiger charge is -2.09. The van der Waals surface area contributed by atoms with Crippen LogP contribution in [0.3, 0.4) is 0 Å². The number of aryl methyl sites for hydroxylation is 2. The van der Waals surface area contributed by atoms with Crippen LogP contribution in [-0.2, 0) is 20.6 Å². The van der Waals surface area contributed by atoms with E-state index >= 15 is 0 Å². The van der Waals surface area contributed by atoms with Crippen molar-refractivity contribution in [2.45, 2.75) is 13.5 Å². The van der Waals surface area contributed by atoms with E-state index in [0.29, 0.717) is 11.3 Å². The maximum atomic E-state index is 12.9. The molecule has 0 aliphatic carbocycles. The Morgan fingerprint density at radius 1 is 1.03 bits per heavy atom. The third kappa shape index (κ3) is 4.89. The predicted octanol–water partition coefficient (Wildman–Crippen LogP) is 2.77. The molecule has 4 rings (SSSR count). The number of amides is 2. The maximum Gasteiger partial charge on any atom is 0.408 e. The van der Waals surface area contributed by atoms with Crippen LogP contribution in [0.5, 0.6) is 0 Å². The van der Waals surface area contributed by atoms with Crippen LogP contribution in [0.2, 0.25) is 5.02 Å². The number of hydrogen-bond donors (Lipinski definition) is 2. The zero-order valence-corrected chi connectivity index (χ0v) is 19.6. The van der Waals surface area contributed by atoms with E-state index in [1.807, 2.05) is 6.92 Å². The second-order valence-corrected chi connectivity index (χ2v) is 8.07. The topological polar surface area (TPSA) is 155 Å². The fourth-order valence-corrected chi connectivity index (χ4v) is 3.56. The van der Waals surface area contributed by atoms with E-state index in [1.165, 1.54) is 21.8 Å². The lowest BCUT2D eigenvalue weighted by molar-refractivity contribution is -0.389. The normalized spacial score (nSPS) is 10.9. The molecule has 1 aromatic carbocycles. The van der Waals surface area contributed by atoms with Crippen LogP contribution in [0, 0.1) is 17.0 Å². The number of nitrogens with zero attached hydrogens (tertiary/aromatic N) is 7. The monoisotopic (exact) mass is 497 g/mol. The minimum Gasteiger partial charge on any atom is -0.358 e. The number of nitro groups is 1. The van der Waals surface area contributed by atoms with Crippen molar-refractivity contribution in [3.8, 4) is 0 Å². The number of nitrogens with one attached hydrogen (secondary N) is 2. The first-order chi connectivity index (χ1) is 16.6.